The second kappa shape index (κ2) is 27.5. The van der Waals surface area contributed by atoms with Crippen LogP contribution in [-0.4, -0.2) is 162 Å². The Hall–Kier alpha value is -10.5. The molecule has 96 heavy (non-hydrogen) atoms. The van der Waals surface area contributed by atoms with Gasteiger partial charge in [0.15, 0.2) is 26.3 Å². The highest BCUT2D eigenvalue weighted by atomic mass is 32.2. The predicted octanol–water partition coefficient (Wildman–Crippen LogP) is 6.57. The number of rotatable bonds is 12. The zero-order valence-electron chi connectivity index (χ0n) is 53.5. The van der Waals surface area contributed by atoms with Gasteiger partial charge in [-0.05, 0) is 73.7 Å². The first-order chi connectivity index (χ1) is 45.8. The average Bonchev–Trinajstić information content (AvgIpc) is 0.776. The molecule has 5 aromatic carbocycles. The van der Waals surface area contributed by atoms with Crippen molar-refractivity contribution in [1.29, 1.82) is 0 Å². The summed E-state index contributed by atoms with van der Waals surface area (Å²) in [6.07, 6.45) is 5.00. The third-order valence-electron chi connectivity index (χ3n) is 17.1. The van der Waals surface area contributed by atoms with Gasteiger partial charge < -0.3 is 51.9 Å². The number of para-hydroxylation sites is 3. The molecule has 8 heterocycles. The minimum Gasteiger partial charge on any atom is -0.459 e. The molecule has 3 fully saturated rings. The van der Waals surface area contributed by atoms with Crippen LogP contribution in [0.15, 0.2) is 197 Å². The molecular weight excluding hydrogens is 1290 g/mol. The van der Waals surface area contributed by atoms with Crippen LogP contribution in [-0.2, 0) is 51.0 Å². The molecule has 28 heteroatoms. The fourth-order valence-corrected chi connectivity index (χ4v) is 14.9. The number of piperazine rings is 3. The van der Waals surface area contributed by atoms with Gasteiger partial charge in [-0.3, -0.25) is 38.2 Å². The van der Waals surface area contributed by atoms with E-state index in [9.17, 15) is 54.0 Å². The molecule has 0 aliphatic carbocycles. The molecule has 0 atom stereocenters. The number of carbonyl (C=O) groups excluding carboxylic acids is 3. The van der Waals surface area contributed by atoms with Crippen LogP contribution in [0, 0.1) is 6.92 Å². The number of hydrogen-bond donors (Lipinski definition) is 2. The van der Waals surface area contributed by atoms with E-state index in [0.29, 0.717) is 123 Å². The first-order valence-electron chi connectivity index (χ1n) is 30.7. The largest absolute Gasteiger partial charge is 0.459 e. The van der Waals surface area contributed by atoms with Crippen molar-refractivity contribution in [2.75, 3.05) is 115 Å². The lowest BCUT2D eigenvalue weighted by Gasteiger charge is -2.37. The van der Waals surface area contributed by atoms with Crippen molar-refractivity contribution in [2.24, 2.45) is 21.1 Å². The summed E-state index contributed by atoms with van der Waals surface area (Å²) in [5.74, 6) is 0.104. The number of aryl methyl sites for hydroxylation is 4. The highest BCUT2D eigenvalue weighted by Crippen LogP contribution is 2.37. The molecule has 13 rings (SSSR count). The number of benzene rings is 5. The number of pyridine rings is 3. The van der Waals surface area contributed by atoms with Crippen LogP contribution in [0.25, 0.3) is 32.7 Å². The van der Waals surface area contributed by atoms with E-state index in [2.05, 4.69) is 9.44 Å². The van der Waals surface area contributed by atoms with Crippen LogP contribution in [0.3, 0.4) is 0 Å². The zero-order valence-corrected chi connectivity index (χ0v) is 56.0. The fourth-order valence-electron chi connectivity index (χ4n) is 12.3. The van der Waals surface area contributed by atoms with Crippen molar-refractivity contribution in [3.05, 3.63) is 218 Å². The van der Waals surface area contributed by atoms with Crippen molar-refractivity contribution in [3.8, 4) is 0 Å². The van der Waals surface area contributed by atoms with Gasteiger partial charge >= 0.3 is 0 Å². The number of furan rings is 2. The van der Waals surface area contributed by atoms with Gasteiger partial charge in [-0.1, -0.05) is 90.5 Å². The maximum Gasteiger partial charge on any atom is 0.289 e. The molecule has 0 spiro atoms. The van der Waals surface area contributed by atoms with Crippen LogP contribution in [0.1, 0.15) is 37.0 Å². The minimum absolute atomic E-state index is 0.0115. The molecule has 3 amide bonds. The smallest absolute Gasteiger partial charge is 0.289 e. The SMILES string of the molecule is Cc1ccc(S(=O)(=O)Nc2c(N3CCN(C(=O)c4ccco4)CC3)c3ccccc3n(C)c2=O)cc1.Cn1c(=O)c(NS(C)(=O)=O)c(N2CCN(C(=O)c3ccccc3)CC2)c2ccccc21.Cn1c(=O)c(S(C)(=O)=O)c(N2CCN(C(=O)c3ccco3)CC2)c2ccccc21. The third-order valence-corrected chi connectivity index (χ3v) is 20.2. The van der Waals surface area contributed by atoms with Crippen molar-refractivity contribution in [3.63, 3.8) is 0 Å². The molecular formula is C68H71N11O14S3. The molecule has 0 saturated carbocycles. The first kappa shape index (κ1) is 67.0. The van der Waals surface area contributed by atoms with Gasteiger partial charge in [0.2, 0.25) is 10.0 Å². The summed E-state index contributed by atoms with van der Waals surface area (Å²) in [5.41, 5.74) is 3.71. The Morgan fingerprint density at radius 3 is 1.17 bits per heavy atom. The van der Waals surface area contributed by atoms with Crippen molar-refractivity contribution >= 4 is 109 Å². The Kier molecular flexibility index (Phi) is 19.2. The third kappa shape index (κ3) is 13.9. The summed E-state index contributed by atoms with van der Waals surface area (Å²) in [7, 11) is -6.63. The van der Waals surface area contributed by atoms with E-state index in [0.717, 1.165) is 28.8 Å². The number of hydrogen-bond acceptors (Lipinski definition) is 17. The van der Waals surface area contributed by atoms with Gasteiger partial charge in [0.1, 0.15) is 11.4 Å². The molecule has 3 aliphatic heterocycles. The van der Waals surface area contributed by atoms with E-state index in [1.165, 1.54) is 38.4 Å². The molecule has 0 radical (unpaired) electrons. The van der Waals surface area contributed by atoms with Crippen LogP contribution in [0.2, 0.25) is 0 Å². The molecule has 5 aromatic heterocycles. The molecule has 3 saturated heterocycles. The van der Waals surface area contributed by atoms with E-state index in [-0.39, 0.29) is 50.4 Å². The molecule has 25 nitrogen and oxygen atoms in total. The molecule has 3 aliphatic rings. The molecule has 10 aromatic rings. The summed E-state index contributed by atoms with van der Waals surface area (Å²) >= 11 is 0. The molecule has 2 N–H and O–H groups in total. The number of nitrogens with zero attached hydrogens (tertiary/aromatic N) is 9. The number of anilines is 5. The quantitative estimate of drug-likeness (QED) is 0.131. The number of sulfonamides is 2. The number of sulfone groups is 1. The summed E-state index contributed by atoms with van der Waals surface area (Å²) in [4.78, 5) is 88.2. The van der Waals surface area contributed by atoms with Crippen molar-refractivity contribution < 1.29 is 48.5 Å². The predicted molar refractivity (Wildman–Crippen MR) is 369 cm³/mol. The van der Waals surface area contributed by atoms with Gasteiger partial charge in [0, 0.05) is 128 Å². The molecule has 500 valence electrons. The first-order valence-corrected chi connectivity index (χ1v) is 35.9. The second-order valence-corrected chi connectivity index (χ2v) is 28.9. The Morgan fingerprint density at radius 2 is 0.771 bits per heavy atom. The maximum atomic E-state index is 13.5. The Balaban J connectivity index is 0.000000147. The van der Waals surface area contributed by atoms with Gasteiger partial charge in [0.25, 0.3) is 44.4 Å². The van der Waals surface area contributed by atoms with E-state index in [1.807, 2.05) is 107 Å². The monoisotopic (exact) mass is 1360 g/mol. The highest BCUT2D eigenvalue weighted by Gasteiger charge is 2.34. The van der Waals surface area contributed by atoms with E-state index >= 15 is 0 Å². The number of amides is 3. The Labute approximate surface area is 553 Å². The minimum atomic E-state index is -4.02. The Morgan fingerprint density at radius 1 is 0.406 bits per heavy atom. The van der Waals surface area contributed by atoms with E-state index < -0.39 is 46.6 Å². The lowest BCUT2D eigenvalue weighted by Crippen LogP contribution is -2.49. The summed E-state index contributed by atoms with van der Waals surface area (Å²) in [5, 5.41) is 2.21. The van der Waals surface area contributed by atoms with Crippen molar-refractivity contribution in [1.82, 2.24) is 28.4 Å². The maximum absolute atomic E-state index is 13.5. The summed E-state index contributed by atoms with van der Waals surface area (Å²) < 4.78 is 95.3. The van der Waals surface area contributed by atoms with Gasteiger partial charge in [-0.2, -0.15) is 0 Å². The van der Waals surface area contributed by atoms with Crippen LogP contribution in [0.4, 0.5) is 28.4 Å². The van der Waals surface area contributed by atoms with Gasteiger partial charge in [-0.25, -0.2) is 25.3 Å². The van der Waals surface area contributed by atoms with Crippen molar-refractivity contribution in [2.45, 2.75) is 16.7 Å². The van der Waals surface area contributed by atoms with Crippen LogP contribution >= 0.6 is 0 Å². The van der Waals surface area contributed by atoms with Crippen LogP contribution < -0.4 is 40.8 Å². The number of nitrogens with one attached hydrogen (secondary N) is 2. The fraction of sp³-hybridized carbons (Fsp3) is 0.265. The highest BCUT2D eigenvalue weighted by molar-refractivity contribution is 7.93. The second-order valence-electron chi connectivity index (χ2n) is 23.5. The molecule has 0 unspecified atom stereocenters. The lowest BCUT2D eigenvalue weighted by atomic mass is 10.1. The van der Waals surface area contributed by atoms with Gasteiger partial charge in [0.05, 0.1) is 57.3 Å². The normalized spacial score (nSPS) is 14.6. The van der Waals surface area contributed by atoms with Crippen LogP contribution in [0.5, 0.6) is 0 Å². The van der Waals surface area contributed by atoms with E-state index in [4.69, 9.17) is 8.83 Å². The zero-order chi connectivity index (χ0) is 68.4. The lowest BCUT2D eigenvalue weighted by molar-refractivity contribution is 0.0708. The average molecular weight is 1360 g/mol. The molecule has 0 bridgehead atoms. The summed E-state index contributed by atoms with van der Waals surface area (Å²) in [6, 6.07) is 44.2. The number of aromatic nitrogens is 3. The standard InChI is InChI=1S/C26H26N4O5S.C22H24N4O4S.C20H21N3O5S/c1-18-9-11-19(12-10-18)36(33,34)27-23-24(20-6-3-4-7-21(20)28(2)26(23)32)29-13-15-30(16-14-29)25(31)22-8-5-17-35-22;1-24-18-11-7-6-10-17(18)20(19(22(24)28)23-31(2,29)30)25-12-14-26(15-13-25)21(27)16-8-4-3-5-9-16;1-21-15-7-4-3-6-14(15)17(18(20(21)25)29(2,26)27)22-9-11-23(12-10-22)19(24)16-8-5-13-28-16/h3-12,17,27H,13-16H2,1-2H3;3-11,23H,12-15H2,1-2H3;3-8,13H,9-12H2,1-2H3. The number of carbonyl (C=O) groups is 3. The topological polar surface area (TPSA) is 289 Å². The van der Waals surface area contributed by atoms with Gasteiger partial charge in [-0.15, -0.1) is 0 Å². The Bertz CT molecular complexity index is 5130. The summed E-state index contributed by atoms with van der Waals surface area (Å²) in [6.45, 7) is 7.01. The number of fused-ring (bicyclic) bond motifs is 3. The van der Waals surface area contributed by atoms with E-state index in [1.54, 1.807) is 90.4 Å².